The fourth-order valence-corrected chi connectivity index (χ4v) is 3.68. The Morgan fingerprint density at radius 2 is 1.94 bits per heavy atom. The van der Waals surface area contributed by atoms with E-state index >= 15 is 0 Å². The number of rotatable bonds is 2. The van der Waals surface area contributed by atoms with Crippen molar-refractivity contribution in [3.8, 4) is 0 Å². The van der Waals surface area contributed by atoms with Crippen molar-refractivity contribution in [3.05, 3.63) is 11.4 Å². The lowest BCUT2D eigenvalue weighted by molar-refractivity contribution is 0.547. The molecule has 2 aliphatic rings. The quantitative estimate of drug-likeness (QED) is 0.765. The summed E-state index contributed by atoms with van der Waals surface area (Å²) < 4.78 is 2.10. The second-order valence-electron chi connectivity index (χ2n) is 5.28. The van der Waals surface area contributed by atoms with Crippen LogP contribution in [0.3, 0.4) is 0 Å². The molecule has 3 atom stereocenters. The highest BCUT2D eigenvalue weighted by atomic mass is 15.4. The van der Waals surface area contributed by atoms with E-state index in [-0.39, 0.29) is 0 Å². The molecule has 3 nitrogen and oxygen atoms in total. The van der Waals surface area contributed by atoms with Crippen LogP contribution in [0.1, 0.15) is 44.5 Å². The number of hydrogen-bond acceptors (Lipinski definition) is 2. The predicted octanol–water partition coefficient (Wildman–Crippen LogP) is 2.45. The van der Waals surface area contributed by atoms with Crippen molar-refractivity contribution in [3.63, 3.8) is 0 Å². The maximum Gasteiger partial charge on any atom is 0.0859 e. The fourth-order valence-electron chi connectivity index (χ4n) is 3.68. The summed E-state index contributed by atoms with van der Waals surface area (Å²) in [5.74, 6) is 3.04. The summed E-state index contributed by atoms with van der Waals surface area (Å²) in [6, 6.07) is 0. The molecule has 0 spiro atoms. The van der Waals surface area contributed by atoms with Gasteiger partial charge in [-0.1, -0.05) is 18.6 Å². The Morgan fingerprint density at radius 3 is 2.62 bits per heavy atom. The van der Waals surface area contributed by atoms with Crippen LogP contribution in [-0.2, 0) is 19.4 Å². The molecule has 3 heteroatoms. The minimum Gasteiger partial charge on any atom is -0.249 e. The standard InChI is InChI=1S/C13H21N3/c1-3-9-10-5-7-12-13(8-6-11(9)10)16(4-2)15-14-12/h9-11H,3-8H2,1-2H3/t9?,10-,11+/m1/s1. The van der Waals surface area contributed by atoms with E-state index in [1.165, 1.54) is 37.1 Å². The highest BCUT2D eigenvalue weighted by molar-refractivity contribution is 5.15. The first-order valence-electron chi connectivity index (χ1n) is 6.76. The molecule has 0 amide bonds. The Morgan fingerprint density at radius 1 is 1.19 bits per heavy atom. The summed E-state index contributed by atoms with van der Waals surface area (Å²) in [6.45, 7) is 5.46. The van der Waals surface area contributed by atoms with Crippen LogP contribution in [0.4, 0.5) is 0 Å². The zero-order valence-electron chi connectivity index (χ0n) is 10.3. The largest absolute Gasteiger partial charge is 0.249 e. The van der Waals surface area contributed by atoms with Gasteiger partial charge in [-0.2, -0.15) is 0 Å². The van der Waals surface area contributed by atoms with E-state index in [0.29, 0.717) is 0 Å². The first-order valence-corrected chi connectivity index (χ1v) is 6.76. The monoisotopic (exact) mass is 219 g/mol. The molecule has 1 fully saturated rings. The zero-order chi connectivity index (χ0) is 11.1. The topological polar surface area (TPSA) is 30.7 Å². The highest BCUT2D eigenvalue weighted by Gasteiger charge is 2.48. The van der Waals surface area contributed by atoms with Crippen molar-refractivity contribution in [2.75, 3.05) is 0 Å². The van der Waals surface area contributed by atoms with Gasteiger partial charge in [0.15, 0.2) is 0 Å². The van der Waals surface area contributed by atoms with Crippen LogP contribution in [0.5, 0.6) is 0 Å². The first-order chi connectivity index (χ1) is 7.85. The maximum absolute atomic E-state index is 4.35. The molecule has 0 aliphatic heterocycles. The summed E-state index contributed by atoms with van der Waals surface area (Å²) in [6.07, 6.45) is 6.45. The summed E-state index contributed by atoms with van der Waals surface area (Å²) in [5.41, 5.74) is 2.70. The lowest BCUT2D eigenvalue weighted by Gasteiger charge is -2.09. The van der Waals surface area contributed by atoms with Crippen LogP contribution in [0.2, 0.25) is 0 Å². The Hall–Kier alpha value is -0.860. The van der Waals surface area contributed by atoms with Crippen LogP contribution < -0.4 is 0 Å². The summed E-state index contributed by atoms with van der Waals surface area (Å²) in [4.78, 5) is 0. The van der Waals surface area contributed by atoms with E-state index in [9.17, 15) is 0 Å². The third kappa shape index (κ3) is 1.48. The van der Waals surface area contributed by atoms with Gasteiger partial charge in [0.05, 0.1) is 11.4 Å². The van der Waals surface area contributed by atoms with Crippen LogP contribution in [-0.4, -0.2) is 15.0 Å². The molecule has 1 aromatic rings. The van der Waals surface area contributed by atoms with Gasteiger partial charge in [-0.15, -0.1) is 5.10 Å². The van der Waals surface area contributed by atoms with Gasteiger partial charge >= 0.3 is 0 Å². The van der Waals surface area contributed by atoms with E-state index in [1.807, 2.05) is 0 Å². The van der Waals surface area contributed by atoms with Crippen molar-refractivity contribution >= 4 is 0 Å². The number of fused-ring (bicyclic) bond motifs is 2. The lowest BCUT2D eigenvalue weighted by Crippen LogP contribution is -2.07. The Labute approximate surface area is 97.2 Å². The van der Waals surface area contributed by atoms with Crippen LogP contribution in [0.15, 0.2) is 0 Å². The first kappa shape index (κ1) is 10.3. The number of nitrogens with zero attached hydrogens (tertiary/aromatic N) is 3. The fraction of sp³-hybridized carbons (Fsp3) is 0.846. The Kier molecular flexibility index (Phi) is 2.49. The van der Waals surface area contributed by atoms with Crippen LogP contribution in [0.25, 0.3) is 0 Å². The molecule has 3 rings (SSSR count). The Bertz CT molecular complexity index is 383. The highest BCUT2D eigenvalue weighted by Crippen LogP contribution is 2.54. The third-order valence-electron chi connectivity index (χ3n) is 4.63. The molecule has 0 aromatic carbocycles. The van der Waals surface area contributed by atoms with E-state index in [2.05, 4.69) is 28.8 Å². The minimum atomic E-state index is 0.966. The van der Waals surface area contributed by atoms with Gasteiger partial charge in [-0.25, -0.2) is 4.68 Å². The molecule has 1 saturated carbocycles. The molecule has 1 unspecified atom stereocenters. The molecule has 0 saturated heterocycles. The van der Waals surface area contributed by atoms with E-state index in [1.54, 1.807) is 0 Å². The average Bonchev–Trinajstić information content (AvgIpc) is 2.80. The van der Waals surface area contributed by atoms with Crippen molar-refractivity contribution in [2.45, 2.75) is 52.5 Å². The molecule has 2 aliphatic carbocycles. The summed E-state index contributed by atoms with van der Waals surface area (Å²) in [5, 5.41) is 8.59. The lowest BCUT2D eigenvalue weighted by atomic mass is 10.0. The molecular weight excluding hydrogens is 198 g/mol. The molecule has 1 heterocycles. The zero-order valence-corrected chi connectivity index (χ0v) is 10.3. The minimum absolute atomic E-state index is 0.966. The predicted molar refractivity (Wildman–Crippen MR) is 63.1 cm³/mol. The molecule has 1 aromatic heterocycles. The summed E-state index contributed by atoms with van der Waals surface area (Å²) >= 11 is 0. The smallest absolute Gasteiger partial charge is 0.0859 e. The maximum atomic E-state index is 4.35. The van der Waals surface area contributed by atoms with Gasteiger partial charge in [0.1, 0.15) is 0 Å². The van der Waals surface area contributed by atoms with Crippen LogP contribution in [0, 0.1) is 17.8 Å². The normalized spacial score (nSPS) is 32.5. The Balaban J connectivity index is 1.80. The van der Waals surface area contributed by atoms with Crippen molar-refractivity contribution < 1.29 is 0 Å². The SMILES string of the molecule is CCC1[C@H]2CCc3nnn(CC)c3CC[C@@H]12. The number of hydrogen-bond donors (Lipinski definition) is 0. The molecule has 0 bridgehead atoms. The van der Waals surface area contributed by atoms with Crippen molar-refractivity contribution in [1.82, 2.24) is 15.0 Å². The van der Waals surface area contributed by atoms with Crippen molar-refractivity contribution in [2.24, 2.45) is 17.8 Å². The van der Waals surface area contributed by atoms with E-state index < -0.39 is 0 Å². The van der Waals surface area contributed by atoms with Gasteiger partial charge in [-0.3, -0.25) is 0 Å². The average molecular weight is 219 g/mol. The third-order valence-corrected chi connectivity index (χ3v) is 4.63. The number of aryl methyl sites for hydroxylation is 2. The molecule has 88 valence electrons. The summed E-state index contributed by atoms with van der Waals surface area (Å²) in [7, 11) is 0. The van der Waals surface area contributed by atoms with Crippen LogP contribution >= 0.6 is 0 Å². The molecule has 0 N–H and O–H groups in total. The second kappa shape index (κ2) is 3.86. The van der Waals surface area contributed by atoms with E-state index in [0.717, 1.165) is 30.7 Å². The van der Waals surface area contributed by atoms with Gasteiger partial charge < -0.3 is 0 Å². The number of aromatic nitrogens is 3. The molecule has 0 radical (unpaired) electrons. The van der Waals surface area contributed by atoms with Gasteiger partial charge in [0, 0.05) is 6.54 Å². The van der Waals surface area contributed by atoms with Gasteiger partial charge in [-0.05, 0) is 50.4 Å². The van der Waals surface area contributed by atoms with E-state index in [4.69, 9.17) is 0 Å². The molecule has 16 heavy (non-hydrogen) atoms. The van der Waals surface area contributed by atoms with Gasteiger partial charge in [0.2, 0.25) is 0 Å². The molecular formula is C13H21N3. The van der Waals surface area contributed by atoms with Gasteiger partial charge in [0.25, 0.3) is 0 Å². The second-order valence-corrected chi connectivity index (χ2v) is 5.28. The van der Waals surface area contributed by atoms with Crippen molar-refractivity contribution in [1.29, 1.82) is 0 Å².